The Labute approximate surface area is 179 Å². The van der Waals surface area contributed by atoms with Gasteiger partial charge in [-0.25, -0.2) is 4.39 Å². The third-order valence-corrected chi connectivity index (χ3v) is 5.73. The minimum atomic E-state index is -0.661. The van der Waals surface area contributed by atoms with Crippen molar-refractivity contribution in [2.45, 2.75) is 18.9 Å². The average Bonchev–Trinajstić information content (AvgIpc) is 3.32. The molecule has 2 fully saturated rings. The number of carbonyl (C=O) groups excluding carboxylic acids is 1. The first-order valence-electron chi connectivity index (χ1n) is 10.5. The molecule has 4 rings (SSSR count). The second-order valence-corrected chi connectivity index (χ2v) is 7.74. The number of carbonyl (C=O) groups is 1. The monoisotopic (exact) mass is 428 g/mol. The van der Waals surface area contributed by atoms with Crippen molar-refractivity contribution in [2.24, 2.45) is 0 Å². The Kier molecular flexibility index (Phi) is 6.31. The summed E-state index contributed by atoms with van der Waals surface area (Å²) in [6, 6.07) is 11.5. The number of nitro groups is 1. The fourth-order valence-corrected chi connectivity index (χ4v) is 4.03. The molecule has 1 N–H and O–H groups in total. The number of nitro benzene ring substituents is 1. The summed E-state index contributed by atoms with van der Waals surface area (Å²) in [4.78, 5) is 27.2. The van der Waals surface area contributed by atoms with Crippen molar-refractivity contribution in [3.63, 3.8) is 0 Å². The molecule has 164 valence electrons. The van der Waals surface area contributed by atoms with Gasteiger partial charge in [-0.1, -0.05) is 18.2 Å². The summed E-state index contributed by atoms with van der Waals surface area (Å²) >= 11 is 0. The van der Waals surface area contributed by atoms with Gasteiger partial charge in [-0.2, -0.15) is 0 Å². The predicted molar refractivity (Wildman–Crippen MR) is 115 cm³/mol. The third kappa shape index (κ3) is 4.77. The van der Waals surface area contributed by atoms with Crippen LogP contribution < -0.4 is 10.2 Å². The van der Waals surface area contributed by atoms with Gasteiger partial charge in [0, 0.05) is 44.9 Å². The zero-order valence-electron chi connectivity index (χ0n) is 17.1. The molecule has 0 spiro atoms. The molecular formula is C22H25FN4O4. The Balaban J connectivity index is 1.48. The number of anilines is 2. The molecular weight excluding hydrogens is 403 g/mol. The van der Waals surface area contributed by atoms with Crippen molar-refractivity contribution >= 4 is 23.0 Å². The molecule has 2 aromatic carbocycles. The first kappa shape index (κ1) is 21.0. The van der Waals surface area contributed by atoms with Gasteiger partial charge in [-0.3, -0.25) is 14.9 Å². The maximum atomic E-state index is 14.5. The molecule has 1 unspecified atom stereocenters. The average molecular weight is 428 g/mol. The lowest BCUT2D eigenvalue weighted by atomic mass is 10.1. The van der Waals surface area contributed by atoms with Gasteiger partial charge in [0.05, 0.1) is 22.8 Å². The summed E-state index contributed by atoms with van der Waals surface area (Å²) in [5.74, 6) is -0.723. The lowest BCUT2D eigenvalue weighted by Crippen LogP contribution is -2.49. The van der Waals surface area contributed by atoms with E-state index in [-0.39, 0.29) is 23.4 Å². The number of nitrogens with one attached hydrogen (secondary N) is 1. The molecule has 1 atom stereocenters. The van der Waals surface area contributed by atoms with E-state index >= 15 is 0 Å². The van der Waals surface area contributed by atoms with Crippen LogP contribution in [0.25, 0.3) is 0 Å². The summed E-state index contributed by atoms with van der Waals surface area (Å²) in [6.45, 7) is 2.87. The number of halogens is 1. The van der Waals surface area contributed by atoms with Crippen LogP contribution in [0.3, 0.4) is 0 Å². The largest absolute Gasteiger partial charge is 0.380 e. The van der Waals surface area contributed by atoms with Crippen molar-refractivity contribution in [2.75, 3.05) is 49.5 Å². The number of hydrogen-bond donors (Lipinski definition) is 1. The van der Waals surface area contributed by atoms with Crippen LogP contribution in [0.5, 0.6) is 0 Å². The topological polar surface area (TPSA) is 88.0 Å². The van der Waals surface area contributed by atoms with E-state index in [1.807, 2.05) is 23.1 Å². The van der Waals surface area contributed by atoms with Gasteiger partial charge in [0.1, 0.15) is 5.69 Å². The molecule has 9 heteroatoms. The van der Waals surface area contributed by atoms with Gasteiger partial charge >= 0.3 is 0 Å². The Morgan fingerprint density at radius 3 is 2.58 bits per heavy atom. The van der Waals surface area contributed by atoms with Crippen LogP contribution in [0.2, 0.25) is 0 Å². The number of rotatable bonds is 6. The molecule has 0 saturated carbocycles. The van der Waals surface area contributed by atoms with E-state index in [2.05, 4.69) is 5.32 Å². The van der Waals surface area contributed by atoms with E-state index in [9.17, 15) is 19.3 Å². The van der Waals surface area contributed by atoms with Crippen LogP contribution in [0.4, 0.5) is 21.5 Å². The van der Waals surface area contributed by atoms with E-state index in [1.165, 1.54) is 6.07 Å². The van der Waals surface area contributed by atoms with Crippen LogP contribution in [0.1, 0.15) is 23.2 Å². The van der Waals surface area contributed by atoms with E-state index in [0.717, 1.165) is 18.9 Å². The summed E-state index contributed by atoms with van der Waals surface area (Å²) < 4.78 is 20.1. The zero-order valence-corrected chi connectivity index (χ0v) is 17.1. The van der Waals surface area contributed by atoms with Gasteiger partial charge in [0.15, 0.2) is 5.82 Å². The van der Waals surface area contributed by atoms with Crippen LogP contribution in [-0.2, 0) is 4.74 Å². The molecule has 0 radical (unpaired) electrons. The van der Waals surface area contributed by atoms with Crippen LogP contribution in [0.15, 0.2) is 42.5 Å². The number of hydrogen-bond acceptors (Lipinski definition) is 6. The fraction of sp³-hybridized carbons (Fsp3) is 0.409. The molecule has 0 aromatic heterocycles. The lowest BCUT2D eigenvalue weighted by molar-refractivity contribution is -0.384. The number of nitrogens with zero attached hydrogens (tertiary/aromatic N) is 3. The second-order valence-electron chi connectivity index (χ2n) is 7.74. The molecule has 1 amide bonds. The molecule has 0 bridgehead atoms. The lowest BCUT2D eigenvalue weighted by Gasteiger charge is -2.36. The molecule has 2 aromatic rings. The Bertz CT molecular complexity index is 942. The third-order valence-electron chi connectivity index (χ3n) is 5.73. The Morgan fingerprint density at radius 1 is 1.19 bits per heavy atom. The van der Waals surface area contributed by atoms with Crippen molar-refractivity contribution in [3.05, 3.63) is 64.0 Å². The molecule has 8 nitrogen and oxygen atoms in total. The summed E-state index contributed by atoms with van der Waals surface area (Å²) in [7, 11) is 0. The molecule has 0 aliphatic carbocycles. The van der Waals surface area contributed by atoms with Gasteiger partial charge in [0.2, 0.25) is 0 Å². The fourth-order valence-electron chi connectivity index (χ4n) is 4.03. The second kappa shape index (κ2) is 9.30. The van der Waals surface area contributed by atoms with Crippen LogP contribution in [-0.4, -0.2) is 61.2 Å². The standard InChI is InChI=1S/C22H25FN4O4/c23-18-13-21(27(29)30)20(14-19(18)24-15-17-7-4-12-31-17)25-8-10-26(11-9-25)22(28)16-5-2-1-3-6-16/h1-3,5-6,13-14,17,24H,4,7-12,15H2. The summed E-state index contributed by atoms with van der Waals surface area (Å²) in [6.07, 6.45) is 1.91. The van der Waals surface area contributed by atoms with Gasteiger partial charge in [-0.15, -0.1) is 0 Å². The number of benzene rings is 2. The number of ether oxygens (including phenoxy) is 1. The maximum absolute atomic E-state index is 14.5. The molecule has 2 aliphatic heterocycles. The predicted octanol–water partition coefficient (Wildman–Crippen LogP) is 3.29. The molecule has 31 heavy (non-hydrogen) atoms. The Morgan fingerprint density at radius 2 is 1.94 bits per heavy atom. The van der Waals surface area contributed by atoms with Gasteiger partial charge < -0.3 is 19.9 Å². The highest BCUT2D eigenvalue weighted by atomic mass is 19.1. The smallest absolute Gasteiger partial charge is 0.295 e. The van der Waals surface area contributed by atoms with Crippen molar-refractivity contribution in [1.29, 1.82) is 0 Å². The van der Waals surface area contributed by atoms with E-state index < -0.39 is 10.7 Å². The van der Waals surface area contributed by atoms with Crippen molar-refractivity contribution < 1.29 is 18.8 Å². The van der Waals surface area contributed by atoms with E-state index in [0.29, 0.717) is 50.6 Å². The van der Waals surface area contributed by atoms with Crippen molar-refractivity contribution in [1.82, 2.24) is 4.90 Å². The quantitative estimate of drug-likeness (QED) is 0.561. The first-order valence-corrected chi connectivity index (χ1v) is 10.5. The number of piperazine rings is 1. The normalized spacial score (nSPS) is 18.8. The highest BCUT2D eigenvalue weighted by molar-refractivity contribution is 5.94. The van der Waals surface area contributed by atoms with Crippen LogP contribution in [0, 0.1) is 15.9 Å². The van der Waals surface area contributed by atoms with Gasteiger partial charge in [0.25, 0.3) is 11.6 Å². The molecule has 2 saturated heterocycles. The first-order chi connectivity index (χ1) is 15.0. The highest BCUT2D eigenvalue weighted by Gasteiger charge is 2.28. The SMILES string of the molecule is O=C(c1ccccc1)N1CCN(c2cc(NCC3CCCO3)c(F)cc2[N+](=O)[O-])CC1. The van der Waals surface area contributed by atoms with Crippen molar-refractivity contribution in [3.8, 4) is 0 Å². The maximum Gasteiger partial charge on any atom is 0.295 e. The molecule has 2 aliphatic rings. The van der Waals surface area contributed by atoms with Crippen LogP contribution >= 0.6 is 0 Å². The zero-order chi connectivity index (χ0) is 21.8. The molecule has 2 heterocycles. The van der Waals surface area contributed by atoms with E-state index in [4.69, 9.17) is 4.74 Å². The van der Waals surface area contributed by atoms with E-state index in [1.54, 1.807) is 17.0 Å². The van der Waals surface area contributed by atoms with Gasteiger partial charge in [-0.05, 0) is 31.0 Å². The summed E-state index contributed by atoms with van der Waals surface area (Å²) in [5.41, 5.74) is 0.916. The minimum absolute atomic E-state index is 0.0191. The Hall–Kier alpha value is -3.20. The summed E-state index contributed by atoms with van der Waals surface area (Å²) in [5, 5.41) is 14.6. The highest BCUT2D eigenvalue weighted by Crippen LogP contribution is 2.34. The number of amides is 1. The minimum Gasteiger partial charge on any atom is -0.380 e.